The zero-order valence-electron chi connectivity index (χ0n) is 16.6. The van der Waals surface area contributed by atoms with Crippen LogP contribution >= 0.6 is 0 Å². The second-order valence-corrected chi connectivity index (χ2v) is 8.71. The predicted molar refractivity (Wildman–Crippen MR) is 101 cm³/mol. The molecule has 1 aliphatic heterocycles. The van der Waals surface area contributed by atoms with Gasteiger partial charge in [-0.25, -0.2) is 4.79 Å². The minimum atomic E-state index is -0.667. The molecule has 1 aromatic carbocycles. The molecular weight excluding hydrogens is 344 g/mol. The van der Waals surface area contributed by atoms with Crippen molar-refractivity contribution in [1.82, 2.24) is 4.90 Å². The number of hydrogen-bond acceptors (Lipinski definition) is 4. The number of nitrogens with zero attached hydrogens (tertiary/aromatic N) is 2. The highest BCUT2D eigenvalue weighted by Gasteiger charge is 2.58. The Bertz CT molecular complexity index is 753. The molecule has 1 N–H and O–H groups in total. The second kappa shape index (κ2) is 6.98. The lowest BCUT2D eigenvalue weighted by molar-refractivity contribution is -0.834. The highest BCUT2D eigenvalue weighted by atomic mass is 16.5. The Hall–Kier alpha value is -2.37. The van der Waals surface area contributed by atoms with Crippen molar-refractivity contribution < 1.29 is 24.3 Å². The Labute approximate surface area is 160 Å². The molecule has 6 heteroatoms. The van der Waals surface area contributed by atoms with Crippen LogP contribution in [0.3, 0.4) is 0 Å². The van der Waals surface area contributed by atoms with Crippen molar-refractivity contribution >= 4 is 18.1 Å². The van der Waals surface area contributed by atoms with Crippen LogP contribution in [-0.2, 0) is 16.1 Å². The second-order valence-electron chi connectivity index (χ2n) is 8.71. The third-order valence-corrected chi connectivity index (χ3v) is 6.15. The number of methoxy groups -OCH3 is 1. The van der Waals surface area contributed by atoms with Crippen LogP contribution in [0, 0.1) is 11.3 Å². The maximum absolute atomic E-state index is 12.6. The molecule has 1 amide bonds. The first-order chi connectivity index (χ1) is 12.7. The number of rotatable bonds is 3. The molecule has 0 bridgehead atoms. The molecule has 1 spiro atoms. The first-order valence-corrected chi connectivity index (χ1v) is 9.49. The molecule has 0 atom stereocenters. The topological polar surface area (TPSA) is 69.8 Å². The van der Waals surface area contributed by atoms with Crippen molar-refractivity contribution in [3.63, 3.8) is 0 Å². The number of benzene rings is 1. The normalized spacial score (nSPS) is 25.6. The van der Waals surface area contributed by atoms with Gasteiger partial charge < -0.3 is 4.74 Å². The molecule has 0 unspecified atom stereocenters. The fourth-order valence-corrected chi connectivity index (χ4v) is 4.34. The van der Waals surface area contributed by atoms with E-state index in [1.54, 1.807) is 17.0 Å². The maximum atomic E-state index is 12.6. The van der Waals surface area contributed by atoms with Gasteiger partial charge in [0.2, 0.25) is 0 Å². The van der Waals surface area contributed by atoms with Crippen LogP contribution in [0.4, 0.5) is 0 Å². The molecule has 1 saturated carbocycles. The fourth-order valence-electron chi connectivity index (χ4n) is 4.34. The van der Waals surface area contributed by atoms with Crippen molar-refractivity contribution in [1.29, 1.82) is 0 Å². The van der Waals surface area contributed by atoms with E-state index in [1.807, 2.05) is 12.1 Å². The molecule has 146 valence electrons. The zero-order chi connectivity index (χ0) is 19.8. The molecule has 27 heavy (non-hydrogen) atoms. The Balaban J connectivity index is 1.78. The highest BCUT2D eigenvalue weighted by Crippen LogP contribution is 2.45. The van der Waals surface area contributed by atoms with Crippen molar-refractivity contribution in [2.24, 2.45) is 11.3 Å². The number of carbonyl (C=O) groups excluding carboxylic acids is 2. The summed E-state index contributed by atoms with van der Waals surface area (Å²) < 4.78 is 5.84. The summed E-state index contributed by atoms with van der Waals surface area (Å²) in [6, 6.07) is 7.05. The lowest BCUT2D eigenvalue weighted by Gasteiger charge is -2.41. The van der Waals surface area contributed by atoms with E-state index in [-0.39, 0.29) is 17.3 Å². The van der Waals surface area contributed by atoms with E-state index in [0.29, 0.717) is 18.0 Å². The van der Waals surface area contributed by atoms with Gasteiger partial charge in [-0.2, -0.15) is 0 Å². The summed E-state index contributed by atoms with van der Waals surface area (Å²) in [5.74, 6) is 0.0165. The zero-order valence-corrected chi connectivity index (χ0v) is 16.6. The molecule has 0 aromatic heterocycles. The molecule has 6 nitrogen and oxygen atoms in total. The number of esters is 1. The lowest BCUT2D eigenvalue weighted by atomic mass is 9.69. The van der Waals surface area contributed by atoms with E-state index in [2.05, 4.69) is 20.8 Å². The molecule has 1 aliphatic carbocycles. The standard InChI is InChI=1S/C21H29N2O4/c1-20(2,3)17-9-11-21(12-10-17)22(18(24)14-23(21)26)13-15-5-7-16(8-6-15)19(25)27-4/h5-8,14,17,26H,9-13H2,1-4H3/q+1. The lowest BCUT2D eigenvalue weighted by Crippen LogP contribution is -2.54. The average molecular weight is 373 g/mol. The van der Waals surface area contributed by atoms with E-state index in [4.69, 9.17) is 4.74 Å². The first kappa shape index (κ1) is 19.4. The van der Waals surface area contributed by atoms with Gasteiger partial charge in [-0.3, -0.25) is 14.9 Å². The monoisotopic (exact) mass is 373 g/mol. The van der Waals surface area contributed by atoms with Crippen molar-refractivity contribution in [3.8, 4) is 0 Å². The molecule has 2 aliphatic rings. The largest absolute Gasteiger partial charge is 0.465 e. The summed E-state index contributed by atoms with van der Waals surface area (Å²) >= 11 is 0. The highest BCUT2D eigenvalue weighted by molar-refractivity contribution is 6.25. The number of hydroxylamine groups is 1. The minimum Gasteiger partial charge on any atom is -0.465 e. The average Bonchev–Trinajstić information content (AvgIpc) is 2.85. The summed E-state index contributed by atoms with van der Waals surface area (Å²) in [5.41, 5.74) is 0.949. The van der Waals surface area contributed by atoms with Gasteiger partial charge in [-0.15, -0.1) is 0 Å². The molecule has 1 fully saturated rings. The number of amides is 1. The van der Waals surface area contributed by atoms with Gasteiger partial charge in [0.05, 0.1) is 19.2 Å². The molecule has 1 aromatic rings. The summed E-state index contributed by atoms with van der Waals surface area (Å²) in [7, 11) is 1.35. The summed E-state index contributed by atoms with van der Waals surface area (Å²) in [6.07, 6.45) is 4.72. The molecular formula is C21H29N2O4+. The van der Waals surface area contributed by atoms with Crippen molar-refractivity contribution in [2.75, 3.05) is 7.11 Å². The molecule has 1 heterocycles. The Kier molecular flexibility index (Phi) is 5.02. The Morgan fingerprint density at radius 2 is 1.85 bits per heavy atom. The van der Waals surface area contributed by atoms with Crippen LogP contribution in [0.2, 0.25) is 0 Å². The quantitative estimate of drug-likeness (QED) is 0.502. The van der Waals surface area contributed by atoms with E-state index in [1.165, 1.54) is 13.3 Å². The molecule has 0 radical (unpaired) electrons. The third kappa shape index (κ3) is 3.57. The van der Waals surface area contributed by atoms with Crippen LogP contribution in [-0.4, -0.2) is 45.7 Å². The molecule has 0 saturated heterocycles. The molecule has 3 rings (SSSR count). The fraction of sp³-hybridized carbons (Fsp3) is 0.571. The van der Waals surface area contributed by atoms with E-state index in [9.17, 15) is 14.8 Å². The van der Waals surface area contributed by atoms with Gasteiger partial charge in [0, 0.05) is 17.6 Å². The smallest absolute Gasteiger partial charge is 0.337 e. The van der Waals surface area contributed by atoms with E-state index >= 15 is 0 Å². The first-order valence-electron chi connectivity index (χ1n) is 9.49. The van der Waals surface area contributed by atoms with Crippen LogP contribution in [0.25, 0.3) is 0 Å². The summed E-state index contributed by atoms with van der Waals surface area (Å²) in [6.45, 7) is 7.14. The maximum Gasteiger partial charge on any atom is 0.337 e. The Morgan fingerprint density at radius 1 is 1.26 bits per heavy atom. The van der Waals surface area contributed by atoms with Crippen LogP contribution in [0.1, 0.15) is 62.4 Å². The van der Waals surface area contributed by atoms with Gasteiger partial charge >= 0.3 is 11.9 Å². The van der Waals surface area contributed by atoms with Gasteiger partial charge in [-0.1, -0.05) is 32.9 Å². The van der Waals surface area contributed by atoms with Gasteiger partial charge in [-0.05, 0) is 41.9 Å². The van der Waals surface area contributed by atoms with Gasteiger partial charge in [0.25, 0.3) is 11.9 Å². The van der Waals surface area contributed by atoms with E-state index < -0.39 is 5.66 Å². The summed E-state index contributed by atoms with van der Waals surface area (Å²) in [5, 5.41) is 10.5. The summed E-state index contributed by atoms with van der Waals surface area (Å²) in [4.78, 5) is 25.9. The van der Waals surface area contributed by atoms with E-state index in [0.717, 1.165) is 36.0 Å². The number of carbonyl (C=O) groups is 2. The van der Waals surface area contributed by atoms with Gasteiger partial charge in [0.15, 0.2) is 0 Å². The van der Waals surface area contributed by atoms with Crippen molar-refractivity contribution in [3.05, 3.63) is 35.4 Å². The van der Waals surface area contributed by atoms with Crippen molar-refractivity contribution in [2.45, 2.75) is 58.7 Å². The number of hydrogen-bond donors (Lipinski definition) is 1. The van der Waals surface area contributed by atoms with Crippen LogP contribution in [0.5, 0.6) is 0 Å². The third-order valence-electron chi connectivity index (χ3n) is 6.15. The Morgan fingerprint density at radius 3 is 2.37 bits per heavy atom. The predicted octanol–water partition coefficient (Wildman–Crippen LogP) is 3.22. The van der Waals surface area contributed by atoms with Crippen LogP contribution in [0.15, 0.2) is 24.3 Å². The van der Waals surface area contributed by atoms with Gasteiger partial charge in [0.1, 0.15) is 0 Å². The van der Waals surface area contributed by atoms with Crippen LogP contribution < -0.4 is 0 Å². The number of ether oxygens (including phenoxy) is 1. The minimum absolute atomic E-state index is 0.177. The SMILES string of the molecule is COC(=O)c1ccc(CN2C(=O)C=[N+](O)C23CCC(C(C)(C)C)CC3)cc1.